The zero-order valence-electron chi connectivity index (χ0n) is 14.0. The van der Waals surface area contributed by atoms with E-state index in [1.807, 2.05) is 73.7 Å². The number of hydrogen-bond acceptors (Lipinski definition) is 2. The highest BCUT2D eigenvalue weighted by Crippen LogP contribution is 2.26. The maximum atomic E-state index is 12.3. The molecule has 3 rings (SSSR count). The molecule has 1 unspecified atom stereocenters. The van der Waals surface area contributed by atoms with E-state index in [1.165, 1.54) is 5.56 Å². The van der Waals surface area contributed by atoms with Crippen molar-refractivity contribution in [2.45, 2.75) is 26.5 Å². The summed E-state index contributed by atoms with van der Waals surface area (Å²) in [5.41, 5.74) is 2.28. The van der Waals surface area contributed by atoms with Gasteiger partial charge in [-0.2, -0.15) is 0 Å². The van der Waals surface area contributed by atoms with Gasteiger partial charge in [0.2, 0.25) is 0 Å². The molecule has 1 N–H and O–H groups in total. The molecule has 0 fully saturated rings. The summed E-state index contributed by atoms with van der Waals surface area (Å²) >= 11 is 0. The fourth-order valence-electron chi connectivity index (χ4n) is 2.58. The third-order valence-corrected chi connectivity index (χ3v) is 4.01. The first-order chi connectivity index (χ1) is 11.6. The highest BCUT2D eigenvalue weighted by atomic mass is 16.5. The molecule has 1 amide bonds. The van der Waals surface area contributed by atoms with Crippen molar-refractivity contribution in [3.8, 4) is 5.75 Å². The van der Waals surface area contributed by atoms with Crippen LogP contribution in [0.3, 0.4) is 0 Å². The van der Waals surface area contributed by atoms with Crippen molar-refractivity contribution in [1.29, 1.82) is 0 Å². The smallest absolute Gasteiger partial charge is 0.261 e. The number of nitrogens with one attached hydrogen (secondary N) is 1. The Labute approximate surface area is 142 Å². The van der Waals surface area contributed by atoms with Crippen LogP contribution < -0.4 is 10.1 Å². The average molecular weight is 319 g/mol. The topological polar surface area (TPSA) is 38.3 Å². The average Bonchev–Trinajstić information content (AvgIpc) is 2.61. The van der Waals surface area contributed by atoms with Gasteiger partial charge in [-0.25, -0.2) is 0 Å². The van der Waals surface area contributed by atoms with E-state index in [1.54, 1.807) is 6.92 Å². The first-order valence-electron chi connectivity index (χ1n) is 8.11. The van der Waals surface area contributed by atoms with Crippen molar-refractivity contribution >= 4 is 16.7 Å². The minimum absolute atomic E-state index is 0.122. The molecule has 3 aromatic carbocycles. The van der Waals surface area contributed by atoms with E-state index in [0.717, 1.165) is 22.1 Å². The fraction of sp³-hybridized carbons (Fsp3) is 0.190. The van der Waals surface area contributed by atoms with Crippen LogP contribution in [-0.2, 0) is 11.3 Å². The third-order valence-electron chi connectivity index (χ3n) is 4.01. The maximum Gasteiger partial charge on any atom is 0.261 e. The number of benzene rings is 3. The van der Waals surface area contributed by atoms with E-state index in [0.29, 0.717) is 6.54 Å². The number of carbonyl (C=O) groups is 1. The molecule has 0 spiro atoms. The van der Waals surface area contributed by atoms with Crippen molar-refractivity contribution in [2.24, 2.45) is 0 Å². The standard InChI is InChI=1S/C21H21NO2/c1-15-10-12-17(13-11-15)14-22-21(23)16(2)24-20-9-5-7-18-6-3-4-8-19(18)20/h3-13,16H,14H2,1-2H3,(H,22,23). The Morgan fingerprint density at radius 1 is 1.00 bits per heavy atom. The second-order valence-electron chi connectivity index (χ2n) is 5.94. The van der Waals surface area contributed by atoms with Crippen LogP contribution in [0.25, 0.3) is 10.8 Å². The number of aryl methyl sites for hydroxylation is 1. The number of hydrogen-bond donors (Lipinski definition) is 1. The van der Waals surface area contributed by atoms with Crippen molar-refractivity contribution in [3.63, 3.8) is 0 Å². The van der Waals surface area contributed by atoms with Gasteiger partial charge in [0, 0.05) is 11.9 Å². The Balaban J connectivity index is 1.64. The molecule has 0 saturated heterocycles. The number of rotatable bonds is 5. The second-order valence-corrected chi connectivity index (χ2v) is 5.94. The minimum Gasteiger partial charge on any atom is -0.480 e. The minimum atomic E-state index is -0.554. The third kappa shape index (κ3) is 3.74. The number of carbonyl (C=O) groups excluding carboxylic acids is 1. The molecule has 0 saturated carbocycles. The fourth-order valence-corrected chi connectivity index (χ4v) is 2.58. The SMILES string of the molecule is Cc1ccc(CNC(=O)C(C)Oc2cccc3ccccc23)cc1. The molecule has 1 atom stereocenters. The molecule has 0 bridgehead atoms. The van der Waals surface area contributed by atoms with Crippen LogP contribution in [0, 0.1) is 6.92 Å². The quantitative estimate of drug-likeness (QED) is 0.764. The van der Waals surface area contributed by atoms with Gasteiger partial charge in [0.1, 0.15) is 5.75 Å². The highest BCUT2D eigenvalue weighted by Gasteiger charge is 2.15. The second kappa shape index (κ2) is 7.18. The maximum absolute atomic E-state index is 12.3. The number of ether oxygens (including phenoxy) is 1. The largest absolute Gasteiger partial charge is 0.480 e. The lowest BCUT2D eigenvalue weighted by atomic mass is 10.1. The first kappa shape index (κ1) is 16.1. The van der Waals surface area contributed by atoms with Crippen molar-refractivity contribution < 1.29 is 9.53 Å². The normalized spacial score (nSPS) is 11.9. The van der Waals surface area contributed by atoms with Crippen LogP contribution in [0.2, 0.25) is 0 Å². The lowest BCUT2D eigenvalue weighted by molar-refractivity contribution is -0.127. The Hall–Kier alpha value is -2.81. The highest BCUT2D eigenvalue weighted by molar-refractivity contribution is 5.89. The van der Waals surface area contributed by atoms with Gasteiger partial charge in [0.05, 0.1) is 0 Å². The summed E-state index contributed by atoms with van der Waals surface area (Å²) < 4.78 is 5.88. The van der Waals surface area contributed by atoms with E-state index in [2.05, 4.69) is 5.32 Å². The lowest BCUT2D eigenvalue weighted by Crippen LogP contribution is -2.35. The van der Waals surface area contributed by atoms with Gasteiger partial charge in [-0.3, -0.25) is 4.79 Å². The predicted octanol–water partition coefficient (Wildman–Crippen LogP) is 4.23. The zero-order chi connectivity index (χ0) is 16.9. The number of fused-ring (bicyclic) bond motifs is 1. The predicted molar refractivity (Wildman–Crippen MR) is 97.1 cm³/mol. The summed E-state index contributed by atoms with van der Waals surface area (Å²) in [7, 11) is 0. The summed E-state index contributed by atoms with van der Waals surface area (Å²) in [6.07, 6.45) is -0.554. The summed E-state index contributed by atoms with van der Waals surface area (Å²) in [5, 5.41) is 5.03. The molecule has 0 radical (unpaired) electrons. The molecule has 0 heterocycles. The van der Waals surface area contributed by atoms with Crippen molar-refractivity contribution in [3.05, 3.63) is 77.9 Å². The van der Waals surface area contributed by atoms with Crippen LogP contribution in [-0.4, -0.2) is 12.0 Å². The lowest BCUT2D eigenvalue weighted by Gasteiger charge is -2.16. The molecule has 0 aliphatic heterocycles. The van der Waals surface area contributed by atoms with E-state index >= 15 is 0 Å². The summed E-state index contributed by atoms with van der Waals surface area (Å²) in [6.45, 7) is 4.32. The molecule has 0 aliphatic carbocycles. The van der Waals surface area contributed by atoms with Gasteiger partial charge in [-0.05, 0) is 30.9 Å². The van der Waals surface area contributed by atoms with Crippen LogP contribution in [0.15, 0.2) is 66.7 Å². The Bertz CT molecular complexity index is 835. The van der Waals surface area contributed by atoms with Gasteiger partial charge in [-0.1, -0.05) is 66.2 Å². The monoisotopic (exact) mass is 319 g/mol. The first-order valence-corrected chi connectivity index (χ1v) is 8.11. The molecule has 3 aromatic rings. The number of amides is 1. The van der Waals surface area contributed by atoms with Gasteiger partial charge in [0.25, 0.3) is 5.91 Å². The van der Waals surface area contributed by atoms with Gasteiger partial charge < -0.3 is 10.1 Å². The van der Waals surface area contributed by atoms with E-state index in [-0.39, 0.29) is 5.91 Å². The molecule has 24 heavy (non-hydrogen) atoms. The summed E-state index contributed by atoms with van der Waals surface area (Å²) in [6, 6.07) is 22.0. The molecular formula is C21H21NO2. The Morgan fingerprint density at radius 2 is 1.71 bits per heavy atom. The van der Waals surface area contributed by atoms with E-state index < -0.39 is 6.10 Å². The van der Waals surface area contributed by atoms with Crippen LogP contribution in [0.5, 0.6) is 5.75 Å². The molecule has 0 aromatic heterocycles. The van der Waals surface area contributed by atoms with Gasteiger partial charge in [0.15, 0.2) is 6.10 Å². The van der Waals surface area contributed by atoms with Crippen LogP contribution in [0.4, 0.5) is 0 Å². The van der Waals surface area contributed by atoms with Crippen LogP contribution in [0.1, 0.15) is 18.1 Å². The van der Waals surface area contributed by atoms with E-state index in [4.69, 9.17) is 4.74 Å². The van der Waals surface area contributed by atoms with Gasteiger partial charge in [-0.15, -0.1) is 0 Å². The molecule has 0 aliphatic rings. The molecule has 122 valence electrons. The Morgan fingerprint density at radius 3 is 2.50 bits per heavy atom. The van der Waals surface area contributed by atoms with Crippen molar-refractivity contribution in [2.75, 3.05) is 0 Å². The molecular weight excluding hydrogens is 298 g/mol. The molecule has 3 heteroatoms. The van der Waals surface area contributed by atoms with Crippen LogP contribution >= 0.6 is 0 Å². The van der Waals surface area contributed by atoms with E-state index in [9.17, 15) is 4.79 Å². The Kier molecular flexibility index (Phi) is 4.80. The summed E-state index contributed by atoms with van der Waals surface area (Å²) in [4.78, 5) is 12.3. The zero-order valence-corrected chi connectivity index (χ0v) is 14.0. The summed E-state index contributed by atoms with van der Waals surface area (Å²) in [5.74, 6) is 0.606. The van der Waals surface area contributed by atoms with Crippen molar-refractivity contribution in [1.82, 2.24) is 5.32 Å². The van der Waals surface area contributed by atoms with Gasteiger partial charge >= 0.3 is 0 Å². The molecule has 3 nitrogen and oxygen atoms in total.